The van der Waals surface area contributed by atoms with Crippen LogP contribution in [0.4, 0.5) is 34.1 Å². The monoisotopic (exact) mass is 913 g/mol. The standard InChI is InChI=1S/C34H34N4.C14H12N3.Ir/c1-25-17-26(2)20-29(19-25)37-23-35(31-11-5-7-13-33(31)37)15-9-10-16-36-24-38(34-14-8-6-12-32(34)36)30-21-27(3)18-28(4)22-30;1-10-11(2)17-9-8-15-13(14(17)16-10)12-6-4-3-5-7-12;/h5-8,11-14,17-19,21,23-24H,9-10,15-16H2,1-4H3;3-6,8-9H,1-2H3;/q-4;-1;. The summed E-state index contributed by atoms with van der Waals surface area (Å²) >= 11 is 0. The Morgan fingerprint density at radius 2 is 1.14 bits per heavy atom. The summed E-state index contributed by atoms with van der Waals surface area (Å²) in [6.07, 6.45) is 5.93. The van der Waals surface area contributed by atoms with Gasteiger partial charge in [0.2, 0.25) is 0 Å². The van der Waals surface area contributed by atoms with E-state index < -0.39 is 0 Å². The van der Waals surface area contributed by atoms with Crippen molar-refractivity contribution in [1.82, 2.24) is 14.4 Å². The van der Waals surface area contributed by atoms with Gasteiger partial charge in [0.25, 0.3) is 0 Å². The van der Waals surface area contributed by atoms with Crippen molar-refractivity contribution in [2.45, 2.75) is 54.4 Å². The molecule has 9 rings (SSSR count). The van der Waals surface area contributed by atoms with Crippen molar-refractivity contribution in [3.05, 3.63) is 175 Å². The SMILES string of the molecule is Cc1[c-]c(N2[CH-]N(CCCCN3[CH-]N(c4[c-]c(C)cc(C)c4)c4ccccc43)c3ccccc32)cc(C)c1.Cc1nc2c(-c3[c-]cccc3)nccn2c1C.[Ir]. The van der Waals surface area contributed by atoms with Crippen LogP contribution < -0.4 is 19.6 Å². The number of para-hydroxylation sites is 4. The van der Waals surface area contributed by atoms with Gasteiger partial charge in [-0.15, -0.1) is 59.4 Å². The Bertz CT molecular complexity index is 2310. The van der Waals surface area contributed by atoms with Gasteiger partial charge in [0.15, 0.2) is 0 Å². The average Bonchev–Trinajstić information content (AvgIpc) is 3.84. The summed E-state index contributed by atoms with van der Waals surface area (Å²) in [5.74, 6) is 0. The van der Waals surface area contributed by atoms with Gasteiger partial charge >= 0.3 is 0 Å². The zero-order valence-corrected chi connectivity index (χ0v) is 35.2. The van der Waals surface area contributed by atoms with Gasteiger partial charge in [-0.3, -0.25) is 4.98 Å². The Hall–Kier alpha value is -5.43. The van der Waals surface area contributed by atoms with E-state index in [0.717, 1.165) is 65.6 Å². The van der Waals surface area contributed by atoms with Crippen molar-refractivity contribution < 1.29 is 20.1 Å². The Morgan fingerprint density at radius 3 is 1.64 bits per heavy atom. The van der Waals surface area contributed by atoms with Crippen LogP contribution in [0.2, 0.25) is 0 Å². The minimum atomic E-state index is 0. The molecule has 7 aromatic rings. The maximum absolute atomic E-state index is 4.57. The van der Waals surface area contributed by atoms with E-state index >= 15 is 0 Å². The molecule has 0 saturated heterocycles. The quantitative estimate of drug-likeness (QED) is 0.112. The van der Waals surface area contributed by atoms with Crippen LogP contribution in [0.3, 0.4) is 0 Å². The summed E-state index contributed by atoms with van der Waals surface area (Å²) in [6.45, 7) is 19.0. The molecule has 2 aliphatic heterocycles. The molecule has 0 aliphatic carbocycles. The van der Waals surface area contributed by atoms with Crippen molar-refractivity contribution in [3.8, 4) is 11.3 Å². The molecular weight excluding hydrogens is 867 g/mol. The van der Waals surface area contributed by atoms with E-state index in [1.807, 2.05) is 37.4 Å². The number of aromatic nitrogens is 3. The van der Waals surface area contributed by atoms with Crippen LogP contribution >= 0.6 is 0 Å². The Balaban J connectivity index is 0.000000223. The molecule has 0 bridgehead atoms. The molecule has 0 saturated carbocycles. The Kier molecular flexibility index (Phi) is 11.6. The van der Waals surface area contributed by atoms with E-state index in [2.05, 4.69) is 173 Å². The molecule has 0 unspecified atom stereocenters. The third kappa shape index (κ3) is 7.95. The molecule has 0 fully saturated rings. The molecule has 287 valence electrons. The molecule has 4 heterocycles. The van der Waals surface area contributed by atoms with E-state index in [-0.39, 0.29) is 20.1 Å². The number of unbranched alkanes of at least 4 members (excludes halogenated alkanes) is 1. The van der Waals surface area contributed by atoms with Gasteiger partial charge in [0, 0.05) is 66.6 Å². The first kappa shape index (κ1) is 38.8. The zero-order valence-electron chi connectivity index (χ0n) is 32.8. The predicted molar refractivity (Wildman–Crippen MR) is 226 cm³/mol. The summed E-state index contributed by atoms with van der Waals surface area (Å²) in [7, 11) is 0. The Morgan fingerprint density at radius 1 is 0.625 bits per heavy atom. The van der Waals surface area contributed by atoms with E-state index in [1.54, 1.807) is 6.20 Å². The minimum Gasteiger partial charge on any atom is -0.501 e. The van der Waals surface area contributed by atoms with Crippen LogP contribution in [0.15, 0.2) is 109 Å². The fraction of sp³-hybridized carbons (Fsp3) is 0.208. The van der Waals surface area contributed by atoms with Crippen molar-refractivity contribution in [1.29, 1.82) is 0 Å². The summed E-state index contributed by atoms with van der Waals surface area (Å²) in [6, 6.07) is 44.2. The van der Waals surface area contributed by atoms with Crippen molar-refractivity contribution in [2.75, 3.05) is 32.7 Å². The summed E-state index contributed by atoms with van der Waals surface area (Å²) in [4.78, 5) is 18.3. The van der Waals surface area contributed by atoms with E-state index in [0.29, 0.717) is 0 Å². The molecule has 2 aromatic heterocycles. The largest absolute Gasteiger partial charge is 0.501 e. The molecule has 2 aliphatic rings. The van der Waals surface area contributed by atoms with Gasteiger partial charge in [-0.1, -0.05) is 52.0 Å². The molecule has 5 aromatic carbocycles. The first-order valence-corrected chi connectivity index (χ1v) is 19.0. The van der Waals surface area contributed by atoms with Gasteiger partial charge in [-0.05, 0) is 64.0 Å². The van der Waals surface area contributed by atoms with Crippen molar-refractivity contribution in [3.63, 3.8) is 0 Å². The van der Waals surface area contributed by atoms with Crippen LogP contribution in [0.5, 0.6) is 0 Å². The van der Waals surface area contributed by atoms with Gasteiger partial charge in [-0.25, -0.2) is 4.98 Å². The fourth-order valence-corrected chi connectivity index (χ4v) is 7.60. The third-order valence-electron chi connectivity index (χ3n) is 10.2. The molecule has 56 heavy (non-hydrogen) atoms. The van der Waals surface area contributed by atoms with Crippen molar-refractivity contribution in [2.24, 2.45) is 0 Å². The maximum atomic E-state index is 4.57. The van der Waals surface area contributed by atoms with E-state index in [4.69, 9.17) is 0 Å². The number of nitrogens with zero attached hydrogens (tertiary/aromatic N) is 7. The normalized spacial score (nSPS) is 13.0. The maximum Gasteiger partial charge on any atom is 0.120 e. The number of aryl methyl sites for hydroxylation is 6. The van der Waals surface area contributed by atoms with Crippen LogP contribution in [0.1, 0.15) is 46.5 Å². The van der Waals surface area contributed by atoms with Gasteiger partial charge < -0.3 is 24.0 Å². The molecule has 0 atom stereocenters. The first-order valence-electron chi connectivity index (χ1n) is 19.0. The molecular formula is C48H46IrN7-5. The number of hydrogen-bond donors (Lipinski definition) is 0. The zero-order chi connectivity index (χ0) is 38.1. The molecule has 1 radical (unpaired) electrons. The van der Waals surface area contributed by atoms with Crippen LogP contribution in [0.25, 0.3) is 16.9 Å². The van der Waals surface area contributed by atoms with Crippen LogP contribution in [-0.2, 0) is 20.1 Å². The molecule has 0 amide bonds. The third-order valence-corrected chi connectivity index (χ3v) is 10.2. The van der Waals surface area contributed by atoms with Crippen molar-refractivity contribution >= 4 is 39.8 Å². The first-order chi connectivity index (χ1) is 26.7. The predicted octanol–water partition coefficient (Wildman–Crippen LogP) is 11.0. The molecule has 8 heteroatoms. The number of imidazole rings is 1. The fourth-order valence-electron chi connectivity index (χ4n) is 7.60. The molecule has 7 nitrogen and oxygen atoms in total. The Labute approximate surface area is 345 Å². The number of rotatable bonds is 8. The second kappa shape index (κ2) is 16.7. The van der Waals surface area contributed by atoms with E-state index in [9.17, 15) is 0 Å². The van der Waals surface area contributed by atoms with Crippen LogP contribution in [0, 0.1) is 73.1 Å². The van der Waals surface area contributed by atoms with Crippen LogP contribution in [-0.4, -0.2) is 27.5 Å². The molecule has 0 spiro atoms. The number of anilines is 6. The smallest absolute Gasteiger partial charge is 0.120 e. The van der Waals surface area contributed by atoms with Gasteiger partial charge in [0.05, 0.1) is 5.69 Å². The second-order valence-corrected chi connectivity index (χ2v) is 14.5. The van der Waals surface area contributed by atoms with Gasteiger partial charge in [-0.2, -0.15) is 59.9 Å². The number of hydrogen-bond acceptors (Lipinski definition) is 6. The summed E-state index contributed by atoms with van der Waals surface area (Å²) in [5, 5.41) is 0. The topological polar surface area (TPSA) is 43.2 Å². The van der Waals surface area contributed by atoms with Gasteiger partial charge in [0.1, 0.15) is 5.65 Å². The number of benzene rings is 5. The number of fused-ring (bicyclic) bond motifs is 3. The van der Waals surface area contributed by atoms with E-state index in [1.165, 1.54) is 45.0 Å². The average molecular weight is 913 g/mol. The molecule has 0 N–H and O–H groups in total. The summed E-state index contributed by atoms with van der Waals surface area (Å²) < 4.78 is 2.07. The second-order valence-electron chi connectivity index (χ2n) is 14.5. The minimum absolute atomic E-state index is 0. The summed E-state index contributed by atoms with van der Waals surface area (Å²) in [5.41, 5.74) is 16.9.